The van der Waals surface area contributed by atoms with Gasteiger partial charge in [-0.1, -0.05) is 6.92 Å². The van der Waals surface area contributed by atoms with Crippen molar-refractivity contribution in [2.24, 2.45) is 0 Å². The Morgan fingerprint density at radius 2 is 2.05 bits per heavy atom. The van der Waals surface area contributed by atoms with E-state index in [1.165, 1.54) is 4.31 Å². The summed E-state index contributed by atoms with van der Waals surface area (Å²) < 4.78 is 31.9. The van der Waals surface area contributed by atoms with Gasteiger partial charge < -0.3 is 10.1 Å². The number of nitrogens with zero attached hydrogens (tertiary/aromatic N) is 1. The molecule has 0 radical (unpaired) electrons. The van der Waals surface area contributed by atoms with E-state index in [1.54, 1.807) is 30.0 Å². The number of morpholine rings is 1. The lowest BCUT2D eigenvalue weighted by Gasteiger charge is -2.26. The Labute approximate surface area is 134 Å². The van der Waals surface area contributed by atoms with Crippen LogP contribution in [0.25, 0.3) is 0 Å². The molecule has 0 aliphatic carbocycles. The zero-order chi connectivity index (χ0) is 15.7. The van der Waals surface area contributed by atoms with Crippen LogP contribution in [0.3, 0.4) is 0 Å². The number of amides is 1. The molecule has 1 aromatic rings. The maximum absolute atomic E-state index is 12.7. The summed E-state index contributed by atoms with van der Waals surface area (Å²) in [6.45, 7) is 3.52. The maximum Gasteiger partial charge on any atom is 0.243 e. The van der Waals surface area contributed by atoms with Crippen molar-refractivity contribution in [2.75, 3.05) is 31.6 Å². The molecule has 0 saturated carbocycles. The average Bonchev–Trinajstić information content (AvgIpc) is 2.63. The topological polar surface area (TPSA) is 75.7 Å². The number of fused-ring (bicyclic) bond motifs is 1. The van der Waals surface area contributed by atoms with Gasteiger partial charge in [0, 0.05) is 29.7 Å². The van der Waals surface area contributed by atoms with Crippen molar-refractivity contribution in [3.05, 3.63) is 18.2 Å². The van der Waals surface area contributed by atoms with Gasteiger partial charge in [0.15, 0.2) is 0 Å². The van der Waals surface area contributed by atoms with Crippen LogP contribution in [0.2, 0.25) is 0 Å². The highest BCUT2D eigenvalue weighted by molar-refractivity contribution is 8.00. The van der Waals surface area contributed by atoms with Crippen molar-refractivity contribution >= 4 is 33.4 Å². The summed E-state index contributed by atoms with van der Waals surface area (Å²) >= 11 is 1.58. The lowest BCUT2D eigenvalue weighted by atomic mass is 10.3. The lowest BCUT2D eigenvalue weighted by molar-refractivity contribution is -0.116. The van der Waals surface area contributed by atoms with E-state index in [4.69, 9.17) is 4.74 Å². The number of carbonyl (C=O) groups is 1. The van der Waals surface area contributed by atoms with Crippen molar-refractivity contribution in [3.8, 4) is 0 Å². The number of benzene rings is 1. The van der Waals surface area contributed by atoms with Gasteiger partial charge in [0.1, 0.15) is 0 Å². The van der Waals surface area contributed by atoms with Crippen LogP contribution in [0.15, 0.2) is 28.0 Å². The van der Waals surface area contributed by atoms with E-state index in [1.807, 2.05) is 6.92 Å². The molecule has 0 spiro atoms. The average molecular weight is 342 g/mol. The van der Waals surface area contributed by atoms with Crippen LogP contribution in [0.1, 0.15) is 13.3 Å². The second kappa shape index (κ2) is 6.19. The second-order valence-electron chi connectivity index (χ2n) is 5.36. The zero-order valence-corrected chi connectivity index (χ0v) is 13.9. The van der Waals surface area contributed by atoms with Crippen molar-refractivity contribution in [1.29, 1.82) is 0 Å². The quantitative estimate of drug-likeness (QED) is 0.882. The fourth-order valence-corrected chi connectivity index (χ4v) is 5.01. The molecule has 1 fully saturated rings. The van der Waals surface area contributed by atoms with E-state index >= 15 is 0 Å². The molecule has 1 aromatic carbocycles. The van der Waals surface area contributed by atoms with Gasteiger partial charge in [0.05, 0.1) is 23.8 Å². The molecular weight excluding hydrogens is 324 g/mol. The van der Waals surface area contributed by atoms with Gasteiger partial charge in [-0.25, -0.2) is 8.42 Å². The molecule has 2 heterocycles. The fourth-order valence-electron chi connectivity index (χ4n) is 2.53. The highest BCUT2D eigenvalue weighted by atomic mass is 32.2. The third-order valence-electron chi connectivity index (χ3n) is 3.63. The molecule has 2 aliphatic rings. The number of sulfonamides is 1. The minimum atomic E-state index is -3.55. The maximum atomic E-state index is 12.7. The van der Waals surface area contributed by atoms with Gasteiger partial charge in [-0.05, 0) is 18.2 Å². The molecule has 2 aliphatic heterocycles. The molecule has 22 heavy (non-hydrogen) atoms. The summed E-state index contributed by atoms with van der Waals surface area (Å²) in [7, 11) is -3.55. The summed E-state index contributed by atoms with van der Waals surface area (Å²) in [5, 5.41) is 2.97. The highest BCUT2D eigenvalue weighted by Crippen LogP contribution is 2.36. The molecule has 1 amide bonds. The van der Waals surface area contributed by atoms with E-state index in [0.717, 1.165) is 4.90 Å². The molecule has 120 valence electrons. The molecule has 0 bridgehead atoms. The Morgan fingerprint density at radius 3 is 2.77 bits per heavy atom. The third-order valence-corrected chi connectivity index (χ3v) is 6.71. The molecule has 1 unspecified atom stereocenters. The van der Waals surface area contributed by atoms with Crippen LogP contribution in [-0.4, -0.2) is 50.2 Å². The van der Waals surface area contributed by atoms with E-state index < -0.39 is 10.0 Å². The number of anilines is 1. The number of hydrogen-bond donors (Lipinski definition) is 1. The van der Waals surface area contributed by atoms with Crippen molar-refractivity contribution < 1.29 is 17.9 Å². The second-order valence-corrected chi connectivity index (χ2v) is 8.77. The molecule has 1 N–H and O–H groups in total. The van der Waals surface area contributed by atoms with E-state index in [0.29, 0.717) is 38.4 Å². The largest absolute Gasteiger partial charge is 0.379 e. The highest BCUT2D eigenvalue weighted by Gasteiger charge is 2.28. The van der Waals surface area contributed by atoms with Crippen LogP contribution >= 0.6 is 11.8 Å². The van der Waals surface area contributed by atoms with Crippen molar-refractivity contribution in [2.45, 2.75) is 28.4 Å². The lowest BCUT2D eigenvalue weighted by Crippen LogP contribution is -2.40. The smallest absolute Gasteiger partial charge is 0.243 e. The first kappa shape index (κ1) is 15.8. The minimum Gasteiger partial charge on any atom is -0.379 e. The van der Waals surface area contributed by atoms with Crippen molar-refractivity contribution in [1.82, 2.24) is 4.31 Å². The van der Waals surface area contributed by atoms with Crippen LogP contribution in [0.4, 0.5) is 5.69 Å². The van der Waals surface area contributed by atoms with E-state index in [-0.39, 0.29) is 16.1 Å². The first-order valence-corrected chi connectivity index (χ1v) is 9.47. The van der Waals surface area contributed by atoms with Crippen LogP contribution < -0.4 is 5.32 Å². The summed E-state index contributed by atoms with van der Waals surface area (Å²) in [6, 6.07) is 4.94. The number of ether oxygens (including phenoxy) is 1. The van der Waals surface area contributed by atoms with Gasteiger partial charge in [-0.2, -0.15) is 4.31 Å². The Morgan fingerprint density at radius 1 is 1.32 bits per heavy atom. The predicted octanol–water partition coefficient (Wildman–Crippen LogP) is 1.53. The van der Waals surface area contributed by atoms with Gasteiger partial charge in [-0.15, -0.1) is 11.8 Å². The number of nitrogens with one attached hydrogen (secondary N) is 1. The van der Waals surface area contributed by atoms with Crippen molar-refractivity contribution in [3.63, 3.8) is 0 Å². The zero-order valence-electron chi connectivity index (χ0n) is 12.2. The molecule has 6 nitrogen and oxygen atoms in total. The molecule has 3 rings (SSSR count). The number of carbonyl (C=O) groups excluding carboxylic acids is 1. The molecule has 1 atom stereocenters. The summed E-state index contributed by atoms with van der Waals surface area (Å²) in [4.78, 5) is 12.9. The first-order chi connectivity index (χ1) is 10.5. The normalized spacial score (nSPS) is 23.5. The molecule has 0 aromatic heterocycles. The van der Waals surface area contributed by atoms with Crippen LogP contribution in [0, 0.1) is 0 Å². The van der Waals surface area contributed by atoms with Gasteiger partial charge in [0.25, 0.3) is 0 Å². The van der Waals surface area contributed by atoms with Gasteiger partial charge in [-0.3, -0.25) is 4.79 Å². The SMILES string of the molecule is CC1CC(=O)Nc2cc(S(=O)(=O)N3CCOCC3)ccc2S1. The van der Waals surface area contributed by atoms with E-state index in [2.05, 4.69) is 5.32 Å². The van der Waals surface area contributed by atoms with Crippen LogP contribution in [0.5, 0.6) is 0 Å². The minimum absolute atomic E-state index is 0.0836. The Hall–Kier alpha value is -1.09. The van der Waals surface area contributed by atoms with Gasteiger partial charge >= 0.3 is 0 Å². The van der Waals surface area contributed by atoms with Gasteiger partial charge in [0.2, 0.25) is 15.9 Å². The standard InChI is InChI=1S/C14H18N2O4S2/c1-10-8-14(17)15-12-9-11(2-3-13(12)21-10)22(18,19)16-4-6-20-7-5-16/h2-3,9-10H,4-8H2,1H3,(H,15,17). The first-order valence-electron chi connectivity index (χ1n) is 7.15. The molecular formula is C14H18N2O4S2. The Balaban J connectivity index is 1.94. The fraction of sp³-hybridized carbons (Fsp3) is 0.500. The molecule has 8 heteroatoms. The molecule has 1 saturated heterocycles. The summed E-state index contributed by atoms with van der Waals surface area (Å²) in [5.41, 5.74) is 0.577. The summed E-state index contributed by atoms with van der Waals surface area (Å²) in [6.07, 6.45) is 0.422. The predicted molar refractivity (Wildman–Crippen MR) is 84.6 cm³/mol. The van der Waals surface area contributed by atoms with Crippen LogP contribution in [-0.2, 0) is 19.6 Å². The Bertz CT molecular complexity index is 684. The Kier molecular flexibility index (Phi) is 4.44. The number of rotatable bonds is 2. The number of hydrogen-bond acceptors (Lipinski definition) is 5. The third kappa shape index (κ3) is 3.15. The van der Waals surface area contributed by atoms with E-state index in [9.17, 15) is 13.2 Å². The summed E-state index contributed by atoms with van der Waals surface area (Å²) in [5.74, 6) is -0.0836. The number of thioether (sulfide) groups is 1. The monoisotopic (exact) mass is 342 g/mol.